The molecule has 1 atom stereocenters. The van der Waals surface area contributed by atoms with Crippen LogP contribution in [-0.2, 0) is 4.79 Å². The average molecular weight is 257 g/mol. The van der Waals surface area contributed by atoms with Gasteiger partial charge in [-0.3, -0.25) is 9.59 Å². The van der Waals surface area contributed by atoms with Gasteiger partial charge in [0.1, 0.15) is 11.7 Å². The molecular formula is C11H13ClN2O3. The summed E-state index contributed by atoms with van der Waals surface area (Å²) in [6, 6.07) is 0.969. The molecule has 1 fully saturated rings. The molecule has 1 heterocycles. The number of nitrogens with zero attached hydrogens (tertiary/aromatic N) is 1. The fourth-order valence-electron chi connectivity index (χ4n) is 1.61. The van der Waals surface area contributed by atoms with Crippen LogP contribution in [0.5, 0.6) is 0 Å². The van der Waals surface area contributed by atoms with Gasteiger partial charge >= 0.3 is 5.97 Å². The molecule has 0 unspecified atom stereocenters. The van der Waals surface area contributed by atoms with Crippen LogP contribution in [0.4, 0.5) is 0 Å². The molecule has 2 rings (SSSR count). The number of carboxylic acid groups (broad SMARTS) is 1. The topological polar surface area (TPSA) is 71.3 Å². The lowest BCUT2D eigenvalue weighted by molar-refractivity contribution is -0.138. The molecule has 5 nitrogen and oxygen atoms in total. The highest BCUT2D eigenvalue weighted by atomic mass is 35.5. The van der Waals surface area contributed by atoms with E-state index in [9.17, 15) is 9.59 Å². The Bertz CT molecular complexity index is 465. The van der Waals surface area contributed by atoms with Crippen LogP contribution in [0.15, 0.2) is 12.3 Å². The normalized spacial score (nSPS) is 16.6. The zero-order chi connectivity index (χ0) is 12.6. The monoisotopic (exact) mass is 256 g/mol. The van der Waals surface area contributed by atoms with Crippen molar-refractivity contribution in [1.29, 1.82) is 0 Å². The number of carbonyl (C=O) groups excluding carboxylic acids is 1. The molecule has 17 heavy (non-hydrogen) atoms. The van der Waals surface area contributed by atoms with E-state index in [1.807, 2.05) is 4.57 Å². The van der Waals surface area contributed by atoms with Crippen molar-refractivity contribution < 1.29 is 14.7 Å². The Hall–Kier alpha value is -1.49. The van der Waals surface area contributed by atoms with Crippen molar-refractivity contribution in [3.63, 3.8) is 0 Å². The number of aromatic nitrogens is 1. The first-order valence-electron chi connectivity index (χ1n) is 5.40. The predicted octanol–water partition coefficient (Wildman–Crippen LogP) is 1.68. The van der Waals surface area contributed by atoms with Crippen LogP contribution < -0.4 is 5.32 Å². The van der Waals surface area contributed by atoms with Crippen molar-refractivity contribution in [2.45, 2.75) is 31.8 Å². The van der Waals surface area contributed by atoms with Crippen LogP contribution in [0.2, 0.25) is 5.02 Å². The highest BCUT2D eigenvalue weighted by Gasteiger charge is 2.28. The third-order valence-corrected chi connectivity index (χ3v) is 2.91. The second-order valence-electron chi connectivity index (χ2n) is 4.22. The number of halogens is 1. The maximum atomic E-state index is 11.9. The molecule has 1 aromatic heterocycles. The minimum Gasteiger partial charge on any atom is -0.480 e. The number of amides is 1. The summed E-state index contributed by atoms with van der Waals surface area (Å²) >= 11 is 5.86. The van der Waals surface area contributed by atoms with Gasteiger partial charge in [0.25, 0.3) is 5.91 Å². The van der Waals surface area contributed by atoms with Gasteiger partial charge in [-0.2, -0.15) is 0 Å². The predicted molar refractivity (Wildman–Crippen MR) is 62.3 cm³/mol. The smallest absolute Gasteiger partial charge is 0.325 e. The zero-order valence-electron chi connectivity index (χ0n) is 9.31. The van der Waals surface area contributed by atoms with Crippen LogP contribution in [-0.4, -0.2) is 27.6 Å². The largest absolute Gasteiger partial charge is 0.480 e. The van der Waals surface area contributed by atoms with E-state index in [2.05, 4.69) is 5.32 Å². The summed E-state index contributed by atoms with van der Waals surface area (Å²) in [5.74, 6) is -1.47. The SMILES string of the molecule is C[C@H](NC(=O)c1cc(Cl)cn1C1CC1)C(=O)O. The molecule has 0 radical (unpaired) electrons. The van der Waals surface area contributed by atoms with Gasteiger partial charge in [-0.1, -0.05) is 11.6 Å². The van der Waals surface area contributed by atoms with Crippen molar-refractivity contribution in [1.82, 2.24) is 9.88 Å². The number of hydrogen-bond acceptors (Lipinski definition) is 2. The number of aliphatic carboxylic acids is 1. The zero-order valence-corrected chi connectivity index (χ0v) is 10.1. The lowest BCUT2D eigenvalue weighted by Gasteiger charge is -2.11. The number of rotatable bonds is 4. The third kappa shape index (κ3) is 2.61. The van der Waals surface area contributed by atoms with E-state index in [0.29, 0.717) is 16.8 Å². The molecule has 1 amide bonds. The second-order valence-corrected chi connectivity index (χ2v) is 4.65. The lowest BCUT2D eigenvalue weighted by atomic mass is 10.3. The average Bonchev–Trinajstić information content (AvgIpc) is 3.01. The molecule has 0 bridgehead atoms. The molecule has 1 aromatic rings. The first kappa shape index (κ1) is 12.0. The van der Waals surface area contributed by atoms with Gasteiger partial charge in [0.05, 0.1) is 5.02 Å². The maximum absolute atomic E-state index is 11.9. The minimum absolute atomic E-state index is 0.323. The fraction of sp³-hybridized carbons (Fsp3) is 0.455. The van der Waals surface area contributed by atoms with E-state index in [-0.39, 0.29) is 0 Å². The van der Waals surface area contributed by atoms with Gasteiger partial charge in [-0.25, -0.2) is 0 Å². The van der Waals surface area contributed by atoms with E-state index >= 15 is 0 Å². The van der Waals surface area contributed by atoms with Crippen molar-refractivity contribution in [2.75, 3.05) is 0 Å². The van der Waals surface area contributed by atoms with Crippen molar-refractivity contribution in [3.8, 4) is 0 Å². The second kappa shape index (κ2) is 4.41. The van der Waals surface area contributed by atoms with Crippen molar-refractivity contribution in [3.05, 3.63) is 23.0 Å². The Kier molecular flexibility index (Phi) is 3.11. The molecule has 6 heteroatoms. The van der Waals surface area contributed by atoms with Crippen LogP contribution in [0.3, 0.4) is 0 Å². The summed E-state index contributed by atoms with van der Waals surface area (Å²) in [7, 11) is 0. The molecule has 0 aliphatic heterocycles. The Labute approximate surface area is 103 Å². The number of hydrogen-bond donors (Lipinski definition) is 2. The van der Waals surface area contributed by atoms with Gasteiger partial charge in [0.15, 0.2) is 0 Å². The van der Waals surface area contributed by atoms with Gasteiger partial charge in [-0.15, -0.1) is 0 Å². The number of carboxylic acids is 1. The lowest BCUT2D eigenvalue weighted by Crippen LogP contribution is -2.39. The number of carbonyl (C=O) groups is 2. The van der Waals surface area contributed by atoms with E-state index < -0.39 is 17.9 Å². The molecule has 0 saturated heterocycles. The van der Waals surface area contributed by atoms with Crippen molar-refractivity contribution >= 4 is 23.5 Å². The third-order valence-electron chi connectivity index (χ3n) is 2.71. The summed E-state index contributed by atoms with van der Waals surface area (Å²) in [4.78, 5) is 22.5. The van der Waals surface area contributed by atoms with Crippen molar-refractivity contribution in [2.24, 2.45) is 0 Å². The van der Waals surface area contributed by atoms with E-state index in [0.717, 1.165) is 12.8 Å². The van der Waals surface area contributed by atoms with E-state index in [1.54, 1.807) is 12.3 Å². The van der Waals surface area contributed by atoms with E-state index in [4.69, 9.17) is 16.7 Å². The number of nitrogens with one attached hydrogen (secondary N) is 1. The van der Waals surface area contributed by atoms with Crippen LogP contribution in [0.1, 0.15) is 36.3 Å². The fourth-order valence-corrected chi connectivity index (χ4v) is 1.82. The Morgan fingerprint density at radius 2 is 2.24 bits per heavy atom. The molecule has 1 aliphatic carbocycles. The molecule has 2 N–H and O–H groups in total. The van der Waals surface area contributed by atoms with Gasteiger partial charge in [-0.05, 0) is 25.8 Å². The maximum Gasteiger partial charge on any atom is 0.325 e. The van der Waals surface area contributed by atoms with Gasteiger partial charge in [0.2, 0.25) is 0 Å². The first-order valence-corrected chi connectivity index (χ1v) is 5.78. The Morgan fingerprint density at radius 1 is 1.59 bits per heavy atom. The highest BCUT2D eigenvalue weighted by molar-refractivity contribution is 6.31. The molecule has 1 aliphatic rings. The van der Waals surface area contributed by atoms with Gasteiger partial charge in [0, 0.05) is 12.2 Å². The molecule has 1 saturated carbocycles. The molecule has 0 aromatic carbocycles. The standard InChI is InChI=1S/C11H13ClN2O3/c1-6(11(16)17)13-10(15)9-4-7(12)5-14(9)8-2-3-8/h4-6,8H,2-3H2,1H3,(H,13,15)(H,16,17)/t6-/m0/s1. The summed E-state index contributed by atoms with van der Waals surface area (Å²) < 4.78 is 1.81. The molecule has 92 valence electrons. The summed E-state index contributed by atoms with van der Waals surface area (Å²) in [5, 5.41) is 11.6. The summed E-state index contributed by atoms with van der Waals surface area (Å²) in [6.45, 7) is 1.42. The minimum atomic E-state index is -1.06. The van der Waals surface area contributed by atoms with Crippen LogP contribution >= 0.6 is 11.6 Å². The van der Waals surface area contributed by atoms with Crippen LogP contribution in [0, 0.1) is 0 Å². The molecular weight excluding hydrogens is 244 g/mol. The Balaban J connectivity index is 2.15. The summed E-state index contributed by atoms with van der Waals surface area (Å²) in [6.07, 6.45) is 3.76. The Morgan fingerprint density at radius 3 is 2.76 bits per heavy atom. The van der Waals surface area contributed by atoms with Crippen LogP contribution in [0.25, 0.3) is 0 Å². The highest BCUT2D eigenvalue weighted by Crippen LogP contribution is 2.37. The summed E-state index contributed by atoms with van der Waals surface area (Å²) in [5.41, 5.74) is 0.422. The van der Waals surface area contributed by atoms with E-state index in [1.165, 1.54) is 6.92 Å². The van der Waals surface area contributed by atoms with Gasteiger partial charge < -0.3 is 15.0 Å². The quantitative estimate of drug-likeness (QED) is 0.861. The first-order chi connectivity index (χ1) is 7.99. The molecule has 0 spiro atoms.